The lowest BCUT2D eigenvalue weighted by molar-refractivity contribution is -0.135. The fourth-order valence-corrected chi connectivity index (χ4v) is 5.16. The summed E-state index contributed by atoms with van der Waals surface area (Å²) < 4.78 is 0. The summed E-state index contributed by atoms with van der Waals surface area (Å²) in [5.74, 6) is 1.50. The molecule has 3 rings (SSSR count). The summed E-state index contributed by atoms with van der Waals surface area (Å²) in [6, 6.07) is 0. The molecule has 2 atom stereocenters. The summed E-state index contributed by atoms with van der Waals surface area (Å²) in [5.41, 5.74) is 0. The van der Waals surface area contributed by atoms with Crippen molar-refractivity contribution in [1.29, 1.82) is 0 Å². The van der Waals surface area contributed by atoms with E-state index >= 15 is 0 Å². The number of aromatic nitrogens is 2. The maximum atomic E-state index is 12.4. The molecule has 144 valence electrons. The number of nitrogens with zero attached hydrogens (tertiary/aromatic N) is 3. The molecule has 1 saturated carbocycles. The third-order valence-electron chi connectivity index (χ3n) is 5.43. The molecule has 6 nitrogen and oxygen atoms in total. The van der Waals surface area contributed by atoms with E-state index in [1.807, 2.05) is 4.90 Å². The van der Waals surface area contributed by atoms with E-state index < -0.39 is 0 Å². The van der Waals surface area contributed by atoms with Crippen LogP contribution < -0.4 is 5.32 Å². The molecule has 2 heterocycles. The predicted octanol–water partition coefficient (Wildman–Crippen LogP) is 3.81. The fourth-order valence-electron chi connectivity index (χ4n) is 4.23. The van der Waals surface area contributed by atoms with Gasteiger partial charge in [-0.3, -0.25) is 9.59 Å². The average Bonchev–Trinajstić information content (AvgIpc) is 3.08. The summed E-state index contributed by atoms with van der Waals surface area (Å²) in [6.45, 7) is 5.99. The topological polar surface area (TPSA) is 75.2 Å². The lowest BCUT2D eigenvalue weighted by Gasteiger charge is -2.35. The molecule has 0 aromatic carbocycles. The Hall–Kier alpha value is -1.50. The van der Waals surface area contributed by atoms with E-state index in [0.29, 0.717) is 22.9 Å². The van der Waals surface area contributed by atoms with E-state index in [2.05, 4.69) is 29.4 Å². The standard InChI is InChI=1S/C19H30N4O2S/c1-13-10-14(2)12-23(11-13)17(25)9-8-16(24)20-19-22-21-18(26-19)15-6-4-3-5-7-15/h13-15H,3-12H2,1-2H3,(H,20,22,24)/t13-,14-/m1/s1. The lowest BCUT2D eigenvalue weighted by atomic mass is 9.90. The van der Waals surface area contributed by atoms with E-state index in [1.165, 1.54) is 49.9 Å². The van der Waals surface area contributed by atoms with Gasteiger partial charge in [-0.2, -0.15) is 0 Å². The Labute approximate surface area is 159 Å². The minimum atomic E-state index is -0.150. The Kier molecular flexibility index (Phi) is 6.62. The zero-order chi connectivity index (χ0) is 18.5. The molecule has 1 aliphatic carbocycles. The van der Waals surface area contributed by atoms with Gasteiger partial charge in [0.05, 0.1) is 0 Å². The Bertz CT molecular complexity index is 617. The fraction of sp³-hybridized carbons (Fsp3) is 0.789. The molecule has 2 amide bonds. The van der Waals surface area contributed by atoms with Crippen LogP contribution >= 0.6 is 11.3 Å². The van der Waals surface area contributed by atoms with Crippen LogP contribution in [-0.4, -0.2) is 40.0 Å². The van der Waals surface area contributed by atoms with Gasteiger partial charge in [0.2, 0.25) is 16.9 Å². The molecule has 1 aromatic rings. The summed E-state index contributed by atoms with van der Waals surface area (Å²) in [6.07, 6.45) is 7.79. The smallest absolute Gasteiger partial charge is 0.226 e. The zero-order valence-electron chi connectivity index (χ0n) is 15.9. The van der Waals surface area contributed by atoms with Gasteiger partial charge in [0.25, 0.3) is 0 Å². The van der Waals surface area contributed by atoms with Crippen LogP contribution in [-0.2, 0) is 9.59 Å². The predicted molar refractivity (Wildman–Crippen MR) is 103 cm³/mol. The number of anilines is 1. The van der Waals surface area contributed by atoms with Crippen LogP contribution in [0.1, 0.15) is 76.1 Å². The molecule has 1 aromatic heterocycles. The highest BCUT2D eigenvalue weighted by molar-refractivity contribution is 7.15. The maximum absolute atomic E-state index is 12.4. The third kappa shape index (κ3) is 5.25. The second-order valence-corrected chi connectivity index (χ2v) is 9.08. The average molecular weight is 379 g/mol. The van der Waals surface area contributed by atoms with Gasteiger partial charge in [-0.15, -0.1) is 10.2 Å². The number of amides is 2. The first kappa shape index (κ1) is 19.3. The minimum Gasteiger partial charge on any atom is -0.342 e. The molecule has 1 aliphatic heterocycles. The summed E-state index contributed by atoms with van der Waals surface area (Å²) in [7, 11) is 0. The van der Waals surface area contributed by atoms with Gasteiger partial charge in [-0.25, -0.2) is 0 Å². The van der Waals surface area contributed by atoms with Crippen LogP contribution in [0.3, 0.4) is 0 Å². The van der Waals surface area contributed by atoms with E-state index in [9.17, 15) is 9.59 Å². The van der Waals surface area contributed by atoms with Crippen molar-refractivity contribution in [2.75, 3.05) is 18.4 Å². The summed E-state index contributed by atoms with van der Waals surface area (Å²) in [5, 5.41) is 12.8. The first-order valence-corrected chi connectivity index (χ1v) is 10.7. The van der Waals surface area contributed by atoms with E-state index in [0.717, 1.165) is 18.1 Å². The normalized spacial score (nSPS) is 24.5. The van der Waals surface area contributed by atoms with E-state index in [1.54, 1.807) is 0 Å². The highest BCUT2D eigenvalue weighted by Gasteiger charge is 2.25. The monoisotopic (exact) mass is 378 g/mol. The van der Waals surface area contributed by atoms with Crippen molar-refractivity contribution in [3.05, 3.63) is 5.01 Å². The van der Waals surface area contributed by atoms with Gasteiger partial charge in [0.1, 0.15) is 5.01 Å². The van der Waals surface area contributed by atoms with Gasteiger partial charge >= 0.3 is 0 Å². The van der Waals surface area contributed by atoms with E-state index in [-0.39, 0.29) is 24.7 Å². The highest BCUT2D eigenvalue weighted by atomic mass is 32.1. The molecule has 0 spiro atoms. The van der Waals surface area contributed by atoms with Crippen molar-refractivity contribution >= 4 is 28.3 Å². The minimum absolute atomic E-state index is 0.0821. The molecule has 0 bridgehead atoms. The molecule has 1 N–H and O–H groups in total. The summed E-state index contributed by atoms with van der Waals surface area (Å²) >= 11 is 1.48. The number of hydrogen-bond donors (Lipinski definition) is 1. The van der Waals surface area contributed by atoms with Crippen LogP contribution in [0.2, 0.25) is 0 Å². The Morgan fingerprint density at radius 3 is 2.46 bits per heavy atom. The molecule has 0 radical (unpaired) electrons. The number of likely N-dealkylation sites (tertiary alicyclic amines) is 1. The van der Waals surface area contributed by atoms with Crippen molar-refractivity contribution in [3.63, 3.8) is 0 Å². The van der Waals surface area contributed by atoms with Crippen LogP contribution in [0, 0.1) is 11.8 Å². The molecule has 2 aliphatic rings. The zero-order valence-corrected chi connectivity index (χ0v) is 16.7. The Morgan fingerprint density at radius 1 is 1.08 bits per heavy atom. The lowest BCUT2D eigenvalue weighted by Crippen LogP contribution is -2.42. The Balaban J connectivity index is 1.44. The van der Waals surface area contributed by atoms with Crippen molar-refractivity contribution in [2.24, 2.45) is 11.8 Å². The van der Waals surface area contributed by atoms with Crippen molar-refractivity contribution in [1.82, 2.24) is 15.1 Å². The van der Waals surface area contributed by atoms with Gasteiger partial charge in [0, 0.05) is 31.8 Å². The number of carbonyl (C=O) groups is 2. The third-order valence-corrected chi connectivity index (χ3v) is 6.43. The Morgan fingerprint density at radius 2 is 1.77 bits per heavy atom. The van der Waals surface area contributed by atoms with Crippen LogP contribution in [0.5, 0.6) is 0 Å². The molecule has 1 saturated heterocycles. The molecule has 0 unspecified atom stereocenters. The van der Waals surface area contributed by atoms with Gasteiger partial charge in [-0.05, 0) is 31.1 Å². The molecular formula is C19H30N4O2S. The number of piperidine rings is 1. The number of rotatable bonds is 5. The van der Waals surface area contributed by atoms with Gasteiger partial charge in [0.15, 0.2) is 0 Å². The van der Waals surface area contributed by atoms with Crippen LogP contribution in [0.25, 0.3) is 0 Å². The van der Waals surface area contributed by atoms with Crippen molar-refractivity contribution in [2.45, 2.75) is 71.1 Å². The van der Waals surface area contributed by atoms with E-state index in [4.69, 9.17) is 0 Å². The number of carbonyl (C=O) groups excluding carboxylic acids is 2. The summed E-state index contributed by atoms with van der Waals surface area (Å²) in [4.78, 5) is 26.5. The maximum Gasteiger partial charge on any atom is 0.226 e. The molecular weight excluding hydrogens is 348 g/mol. The second-order valence-electron chi connectivity index (χ2n) is 8.07. The molecule has 7 heteroatoms. The van der Waals surface area contributed by atoms with Crippen LogP contribution in [0.15, 0.2) is 0 Å². The van der Waals surface area contributed by atoms with Gasteiger partial charge < -0.3 is 10.2 Å². The molecule has 2 fully saturated rings. The van der Waals surface area contributed by atoms with Crippen molar-refractivity contribution < 1.29 is 9.59 Å². The number of hydrogen-bond acceptors (Lipinski definition) is 5. The first-order chi connectivity index (χ1) is 12.5. The first-order valence-electron chi connectivity index (χ1n) is 9.92. The quantitative estimate of drug-likeness (QED) is 0.845. The van der Waals surface area contributed by atoms with Crippen LogP contribution in [0.4, 0.5) is 5.13 Å². The van der Waals surface area contributed by atoms with Gasteiger partial charge in [-0.1, -0.05) is 44.4 Å². The van der Waals surface area contributed by atoms with Crippen molar-refractivity contribution in [3.8, 4) is 0 Å². The SMILES string of the molecule is C[C@@H]1C[C@@H](C)CN(C(=O)CCC(=O)Nc2nnc(C3CCCCC3)s2)C1. The second kappa shape index (κ2) is 8.93. The molecule has 26 heavy (non-hydrogen) atoms. The number of nitrogens with one attached hydrogen (secondary N) is 1. The highest BCUT2D eigenvalue weighted by Crippen LogP contribution is 2.35. The largest absolute Gasteiger partial charge is 0.342 e.